The van der Waals surface area contributed by atoms with Crippen LogP contribution in [-0.2, 0) is 17.8 Å². The first-order valence-corrected chi connectivity index (χ1v) is 10.2. The van der Waals surface area contributed by atoms with Gasteiger partial charge in [-0.3, -0.25) is 10.1 Å². The number of H-pyrrole nitrogens is 1. The summed E-state index contributed by atoms with van der Waals surface area (Å²) in [6, 6.07) is 17.0. The number of halogens is 1. The van der Waals surface area contributed by atoms with Crippen molar-refractivity contribution in [2.75, 3.05) is 0 Å². The second-order valence-corrected chi connectivity index (χ2v) is 7.92. The van der Waals surface area contributed by atoms with Crippen LogP contribution in [0, 0.1) is 6.92 Å². The van der Waals surface area contributed by atoms with Gasteiger partial charge in [0.15, 0.2) is 0 Å². The standard InChI is InChI=1S/C23H21BrN2O3/c1-14-10-15(6-8-19(14)24)22-9-7-17(29-22)13-26-21(23(27)28)11-16-12-25-20-5-3-2-4-18(16)20/h2-10,12,21,25-26H,11,13H2,1H3,(H,27,28)/t21-/m0/s1. The van der Waals surface area contributed by atoms with Gasteiger partial charge in [-0.1, -0.05) is 40.2 Å². The SMILES string of the molecule is Cc1cc(-c2ccc(CN[C@@H](Cc3c[nH]c4ccccc34)C(=O)O)o2)ccc1Br. The number of rotatable bonds is 7. The average Bonchev–Trinajstić information content (AvgIpc) is 3.34. The third-order valence-corrected chi connectivity index (χ3v) is 5.91. The number of aromatic nitrogens is 1. The molecule has 0 spiro atoms. The molecule has 0 unspecified atom stereocenters. The van der Waals surface area contributed by atoms with E-state index in [0.717, 1.165) is 37.8 Å². The van der Waals surface area contributed by atoms with Gasteiger partial charge in [0.1, 0.15) is 17.6 Å². The summed E-state index contributed by atoms with van der Waals surface area (Å²) in [4.78, 5) is 15.0. The Morgan fingerprint density at radius 2 is 2.03 bits per heavy atom. The molecule has 29 heavy (non-hydrogen) atoms. The molecule has 0 fully saturated rings. The summed E-state index contributed by atoms with van der Waals surface area (Å²) in [5.74, 6) is 0.581. The average molecular weight is 453 g/mol. The molecule has 0 saturated carbocycles. The van der Waals surface area contributed by atoms with Crippen LogP contribution in [0.3, 0.4) is 0 Å². The van der Waals surface area contributed by atoms with Crippen LogP contribution < -0.4 is 5.32 Å². The van der Waals surface area contributed by atoms with Crippen LogP contribution >= 0.6 is 15.9 Å². The van der Waals surface area contributed by atoms with Crippen molar-refractivity contribution in [1.82, 2.24) is 10.3 Å². The van der Waals surface area contributed by atoms with Crippen molar-refractivity contribution < 1.29 is 14.3 Å². The topological polar surface area (TPSA) is 78.3 Å². The Kier molecular flexibility index (Phi) is 5.56. The number of furan rings is 1. The monoisotopic (exact) mass is 452 g/mol. The fourth-order valence-electron chi connectivity index (χ4n) is 3.42. The first-order chi connectivity index (χ1) is 14.0. The van der Waals surface area contributed by atoms with E-state index >= 15 is 0 Å². The number of aryl methyl sites for hydroxylation is 1. The second-order valence-electron chi connectivity index (χ2n) is 7.07. The molecule has 2 aromatic carbocycles. The molecule has 0 amide bonds. The van der Waals surface area contributed by atoms with Crippen LogP contribution in [-0.4, -0.2) is 22.1 Å². The maximum atomic E-state index is 11.8. The molecule has 3 N–H and O–H groups in total. The summed E-state index contributed by atoms with van der Waals surface area (Å²) in [7, 11) is 0. The summed E-state index contributed by atoms with van der Waals surface area (Å²) in [5.41, 5.74) is 4.10. The molecule has 4 aromatic rings. The number of para-hydroxylation sites is 1. The van der Waals surface area contributed by atoms with Gasteiger partial charge in [-0.05, 0) is 48.4 Å². The quantitative estimate of drug-likeness (QED) is 0.356. The third kappa shape index (κ3) is 4.28. The van der Waals surface area contributed by atoms with Crippen LogP contribution in [0.4, 0.5) is 0 Å². The van der Waals surface area contributed by atoms with Gasteiger partial charge < -0.3 is 14.5 Å². The van der Waals surface area contributed by atoms with E-state index < -0.39 is 12.0 Å². The van der Waals surface area contributed by atoms with Gasteiger partial charge in [0.25, 0.3) is 0 Å². The number of hydrogen-bond donors (Lipinski definition) is 3. The Morgan fingerprint density at radius 1 is 1.21 bits per heavy atom. The lowest BCUT2D eigenvalue weighted by molar-refractivity contribution is -0.139. The van der Waals surface area contributed by atoms with Crippen molar-refractivity contribution in [2.45, 2.75) is 25.9 Å². The summed E-state index contributed by atoms with van der Waals surface area (Å²) in [5, 5.41) is 13.8. The van der Waals surface area contributed by atoms with Crippen molar-refractivity contribution in [3.63, 3.8) is 0 Å². The second kappa shape index (κ2) is 8.27. The van der Waals surface area contributed by atoms with Gasteiger partial charge in [-0.15, -0.1) is 0 Å². The first-order valence-electron chi connectivity index (χ1n) is 9.37. The Hall–Kier alpha value is -2.83. The van der Waals surface area contributed by atoms with Gasteiger partial charge in [-0.25, -0.2) is 0 Å². The number of carboxylic acids is 1. The Bertz CT molecular complexity index is 1160. The molecule has 5 nitrogen and oxygen atoms in total. The van der Waals surface area contributed by atoms with Gasteiger partial charge in [0.05, 0.1) is 6.54 Å². The number of hydrogen-bond acceptors (Lipinski definition) is 3. The molecule has 0 saturated heterocycles. The first kappa shape index (κ1) is 19.5. The zero-order valence-electron chi connectivity index (χ0n) is 15.9. The number of aromatic amines is 1. The Labute approximate surface area is 176 Å². The van der Waals surface area contributed by atoms with E-state index in [1.165, 1.54) is 0 Å². The van der Waals surface area contributed by atoms with E-state index in [9.17, 15) is 9.90 Å². The minimum atomic E-state index is -0.884. The fraction of sp³-hybridized carbons (Fsp3) is 0.174. The summed E-state index contributed by atoms with van der Waals surface area (Å²) in [6.45, 7) is 2.37. The molecule has 2 heterocycles. The lowest BCUT2D eigenvalue weighted by atomic mass is 10.0. The number of carboxylic acid groups (broad SMARTS) is 1. The minimum absolute atomic E-state index is 0.342. The maximum absolute atomic E-state index is 11.8. The lowest BCUT2D eigenvalue weighted by Crippen LogP contribution is -2.37. The van der Waals surface area contributed by atoms with Gasteiger partial charge in [-0.2, -0.15) is 0 Å². The normalized spacial score (nSPS) is 12.3. The molecule has 0 aliphatic rings. The highest BCUT2D eigenvalue weighted by Crippen LogP contribution is 2.27. The number of benzene rings is 2. The molecule has 2 aromatic heterocycles. The number of fused-ring (bicyclic) bond motifs is 1. The van der Waals surface area contributed by atoms with E-state index in [1.807, 2.05) is 61.7 Å². The van der Waals surface area contributed by atoms with Crippen molar-refractivity contribution >= 4 is 32.8 Å². The molecule has 1 atom stereocenters. The van der Waals surface area contributed by atoms with Crippen LogP contribution in [0.15, 0.2) is 69.7 Å². The fourth-order valence-corrected chi connectivity index (χ4v) is 3.66. The van der Waals surface area contributed by atoms with Crippen molar-refractivity contribution in [1.29, 1.82) is 0 Å². The van der Waals surface area contributed by atoms with E-state index in [1.54, 1.807) is 0 Å². The molecular weight excluding hydrogens is 432 g/mol. The zero-order chi connectivity index (χ0) is 20.4. The largest absolute Gasteiger partial charge is 0.480 e. The lowest BCUT2D eigenvalue weighted by Gasteiger charge is -2.13. The van der Waals surface area contributed by atoms with Crippen molar-refractivity contribution in [3.8, 4) is 11.3 Å². The van der Waals surface area contributed by atoms with E-state index in [0.29, 0.717) is 18.7 Å². The smallest absolute Gasteiger partial charge is 0.321 e. The number of carbonyl (C=O) groups is 1. The molecular formula is C23H21BrN2O3. The van der Waals surface area contributed by atoms with Gasteiger partial charge in [0, 0.05) is 33.6 Å². The Morgan fingerprint density at radius 3 is 2.83 bits per heavy atom. The molecule has 4 rings (SSSR count). The van der Waals surface area contributed by atoms with Gasteiger partial charge >= 0.3 is 5.97 Å². The van der Waals surface area contributed by atoms with Crippen LogP contribution in [0.25, 0.3) is 22.2 Å². The number of aliphatic carboxylic acids is 1. The highest BCUT2D eigenvalue weighted by atomic mass is 79.9. The zero-order valence-corrected chi connectivity index (χ0v) is 17.5. The Balaban J connectivity index is 1.45. The summed E-state index contributed by atoms with van der Waals surface area (Å²) in [6.07, 6.45) is 2.27. The highest BCUT2D eigenvalue weighted by Gasteiger charge is 2.20. The number of nitrogens with one attached hydrogen (secondary N) is 2. The van der Waals surface area contributed by atoms with Gasteiger partial charge in [0.2, 0.25) is 0 Å². The highest BCUT2D eigenvalue weighted by molar-refractivity contribution is 9.10. The molecule has 0 aliphatic heterocycles. The third-order valence-electron chi connectivity index (χ3n) is 5.02. The molecule has 0 radical (unpaired) electrons. The maximum Gasteiger partial charge on any atom is 0.321 e. The van der Waals surface area contributed by atoms with E-state index in [4.69, 9.17) is 4.42 Å². The predicted octanol–water partition coefficient (Wildman–Crippen LogP) is 5.28. The molecule has 0 aliphatic carbocycles. The van der Waals surface area contributed by atoms with Crippen molar-refractivity contribution in [3.05, 3.63) is 82.2 Å². The van der Waals surface area contributed by atoms with Crippen molar-refractivity contribution in [2.24, 2.45) is 0 Å². The molecule has 0 bridgehead atoms. The molecule has 6 heteroatoms. The molecule has 148 valence electrons. The summed E-state index contributed by atoms with van der Waals surface area (Å²) < 4.78 is 6.98. The van der Waals surface area contributed by atoms with E-state index in [-0.39, 0.29) is 0 Å². The van der Waals surface area contributed by atoms with E-state index in [2.05, 4.69) is 32.3 Å². The predicted molar refractivity (Wildman–Crippen MR) is 117 cm³/mol. The van der Waals surface area contributed by atoms with Crippen LogP contribution in [0.1, 0.15) is 16.9 Å². The minimum Gasteiger partial charge on any atom is -0.480 e. The van der Waals surface area contributed by atoms with Crippen LogP contribution in [0.5, 0.6) is 0 Å². The summed E-state index contributed by atoms with van der Waals surface area (Å²) >= 11 is 3.50. The van der Waals surface area contributed by atoms with Crippen LogP contribution in [0.2, 0.25) is 0 Å².